The fourth-order valence-corrected chi connectivity index (χ4v) is 4.11. The largest absolute Gasteiger partial charge is 0.418 e. The summed E-state index contributed by atoms with van der Waals surface area (Å²) in [4.78, 5) is 20.1. The Bertz CT molecular complexity index is 768. The van der Waals surface area contributed by atoms with Crippen molar-refractivity contribution < 1.29 is 23.1 Å². The summed E-state index contributed by atoms with van der Waals surface area (Å²) < 4.78 is 39.4. The highest BCUT2D eigenvalue weighted by molar-refractivity contribution is 6.32. The van der Waals surface area contributed by atoms with Crippen molar-refractivity contribution in [2.24, 2.45) is 11.8 Å². The number of amides is 1. The zero-order valence-electron chi connectivity index (χ0n) is 19.2. The van der Waals surface area contributed by atoms with Gasteiger partial charge in [0.15, 0.2) is 5.60 Å². The molecule has 0 spiro atoms. The molecule has 182 valence electrons. The number of carbonyl (C=O) groups is 1. The van der Waals surface area contributed by atoms with E-state index in [1.54, 1.807) is 20.2 Å². The Kier molecular flexibility index (Phi) is 9.19. The lowest BCUT2D eigenvalue weighted by atomic mass is 9.89. The predicted octanol–water partition coefficient (Wildman–Crippen LogP) is 3.97. The van der Waals surface area contributed by atoms with Crippen LogP contribution in [0.4, 0.5) is 19.0 Å². The molecule has 6 nitrogen and oxygen atoms in total. The van der Waals surface area contributed by atoms with E-state index in [-0.39, 0.29) is 11.1 Å². The molecule has 0 radical (unpaired) electrons. The van der Waals surface area contributed by atoms with E-state index in [0.717, 1.165) is 44.6 Å². The van der Waals surface area contributed by atoms with Crippen LogP contribution in [0.1, 0.15) is 49.9 Å². The van der Waals surface area contributed by atoms with Gasteiger partial charge in [-0.1, -0.05) is 25.4 Å². The number of hydrogen-bond acceptors (Lipinski definition) is 5. The maximum absolute atomic E-state index is 13.1. The molecule has 1 aromatic rings. The molecule has 1 amide bonds. The number of anilines is 1. The second-order valence-electron chi connectivity index (χ2n) is 9.03. The summed E-state index contributed by atoms with van der Waals surface area (Å²) >= 11 is 6.21. The van der Waals surface area contributed by atoms with Crippen molar-refractivity contribution in [1.29, 1.82) is 0 Å². The second-order valence-corrected chi connectivity index (χ2v) is 9.39. The average molecular weight is 479 g/mol. The minimum absolute atomic E-state index is 0.189. The Morgan fingerprint density at radius 3 is 2.44 bits per heavy atom. The lowest BCUT2D eigenvalue weighted by Crippen LogP contribution is -2.56. The Hall–Kier alpha value is -1.58. The van der Waals surface area contributed by atoms with Crippen molar-refractivity contribution in [3.8, 4) is 0 Å². The quantitative estimate of drug-likeness (QED) is 0.415. The first kappa shape index (κ1) is 26.7. The monoisotopic (exact) mass is 478 g/mol. The van der Waals surface area contributed by atoms with Crippen molar-refractivity contribution in [2.45, 2.75) is 51.3 Å². The number of nitrogens with zero attached hydrogens (tertiary/aromatic N) is 3. The number of rotatable bonds is 9. The number of aromatic nitrogens is 1. The third-order valence-electron chi connectivity index (χ3n) is 6.22. The van der Waals surface area contributed by atoms with E-state index >= 15 is 0 Å². The van der Waals surface area contributed by atoms with Crippen LogP contribution in [0.25, 0.3) is 0 Å². The van der Waals surface area contributed by atoms with Gasteiger partial charge >= 0.3 is 6.18 Å². The number of aliphatic hydroxyl groups is 1. The number of nitrogens with one attached hydrogen (secondary N) is 1. The van der Waals surface area contributed by atoms with Crippen LogP contribution >= 0.6 is 11.6 Å². The highest BCUT2D eigenvalue weighted by Crippen LogP contribution is 2.35. The van der Waals surface area contributed by atoms with Crippen LogP contribution in [0, 0.1) is 11.8 Å². The van der Waals surface area contributed by atoms with Crippen LogP contribution in [-0.4, -0.2) is 72.9 Å². The molecule has 10 heteroatoms. The fraction of sp³-hybridized carbons (Fsp3) is 0.727. The Balaban J connectivity index is 1.76. The zero-order chi connectivity index (χ0) is 24.1. The molecule has 0 aromatic carbocycles. The molecule has 1 aromatic heterocycles. The SMILES string of the molecule is CC(C)C(O)(CNCCCC1CCN(c2ccc(C(=O)N(C)C)c(Cl)n2)CC1)C(F)(F)F. The molecular formula is C22H34ClF3N4O2. The van der Waals surface area contributed by atoms with Gasteiger partial charge in [-0.05, 0) is 56.2 Å². The van der Waals surface area contributed by atoms with Crippen LogP contribution < -0.4 is 10.2 Å². The molecule has 2 heterocycles. The maximum Gasteiger partial charge on any atom is 0.418 e. The maximum atomic E-state index is 13.1. The van der Waals surface area contributed by atoms with Crippen molar-refractivity contribution in [3.63, 3.8) is 0 Å². The summed E-state index contributed by atoms with van der Waals surface area (Å²) in [7, 11) is 3.32. The summed E-state index contributed by atoms with van der Waals surface area (Å²) in [6, 6.07) is 3.51. The minimum atomic E-state index is -4.66. The van der Waals surface area contributed by atoms with E-state index in [1.807, 2.05) is 6.07 Å². The number of hydrogen-bond donors (Lipinski definition) is 2. The molecule has 1 saturated heterocycles. The standard InChI is InChI=1S/C22H34ClF3N4O2/c1-15(2)21(32,22(24,25)26)14-27-11-5-6-16-9-12-30(13-10-16)18-8-7-17(19(23)28-18)20(31)29(3)4/h7-8,15-16,27,32H,5-6,9-14H2,1-4H3. The van der Waals surface area contributed by atoms with Gasteiger partial charge in [-0.15, -0.1) is 0 Å². The normalized spacial score (nSPS) is 17.5. The topological polar surface area (TPSA) is 68.7 Å². The summed E-state index contributed by atoms with van der Waals surface area (Å²) in [6.07, 6.45) is -1.08. The van der Waals surface area contributed by atoms with Gasteiger partial charge in [0, 0.05) is 33.7 Å². The van der Waals surface area contributed by atoms with E-state index in [1.165, 1.54) is 18.7 Å². The molecule has 1 fully saturated rings. The van der Waals surface area contributed by atoms with Crippen LogP contribution in [0.2, 0.25) is 5.15 Å². The number of halogens is 4. The molecule has 32 heavy (non-hydrogen) atoms. The Morgan fingerprint density at radius 2 is 1.94 bits per heavy atom. The summed E-state index contributed by atoms with van der Waals surface area (Å²) in [5.74, 6) is 0.121. The van der Waals surface area contributed by atoms with Gasteiger partial charge < -0.3 is 20.2 Å². The van der Waals surface area contributed by atoms with Crippen LogP contribution in [-0.2, 0) is 0 Å². The molecule has 2 N–H and O–H groups in total. The van der Waals surface area contributed by atoms with Gasteiger partial charge in [-0.3, -0.25) is 4.79 Å². The smallest absolute Gasteiger partial charge is 0.379 e. The molecule has 1 aliphatic heterocycles. The Labute approximate surface area is 193 Å². The third-order valence-corrected chi connectivity index (χ3v) is 6.50. The number of piperidine rings is 1. The number of alkyl halides is 3. The molecule has 0 aliphatic carbocycles. The fourth-order valence-electron chi connectivity index (χ4n) is 3.88. The van der Waals surface area contributed by atoms with Gasteiger partial charge in [0.2, 0.25) is 0 Å². The van der Waals surface area contributed by atoms with Crippen LogP contribution in [0.5, 0.6) is 0 Å². The first-order valence-corrected chi connectivity index (χ1v) is 11.4. The zero-order valence-corrected chi connectivity index (χ0v) is 19.9. The average Bonchev–Trinajstić information content (AvgIpc) is 2.72. The predicted molar refractivity (Wildman–Crippen MR) is 120 cm³/mol. The van der Waals surface area contributed by atoms with Crippen molar-refractivity contribution in [3.05, 3.63) is 22.8 Å². The van der Waals surface area contributed by atoms with E-state index < -0.39 is 24.2 Å². The summed E-state index contributed by atoms with van der Waals surface area (Å²) in [6.45, 7) is 4.31. The molecule has 1 aliphatic rings. The molecule has 0 bridgehead atoms. The summed E-state index contributed by atoms with van der Waals surface area (Å²) in [5, 5.41) is 12.9. The molecule has 0 saturated carbocycles. The van der Waals surface area contributed by atoms with E-state index in [0.29, 0.717) is 18.0 Å². The van der Waals surface area contributed by atoms with Gasteiger partial charge in [-0.25, -0.2) is 4.98 Å². The molecular weight excluding hydrogens is 445 g/mol. The minimum Gasteiger partial charge on any atom is -0.379 e. The lowest BCUT2D eigenvalue weighted by molar-refractivity contribution is -0.273. The highest BCUT2D eigenvalue weighted by Gasteiger charge is 2.55. The lowest BCUT2D eigenvalue weighted by Gasteiger charge is -2.34. The van der Waals surface area contributed by atoms with Gasteiger partial charge in [-0.2, -0.15) is 13.2 Å². The van der Waals surface area contributed by atoms with Gasteiger partial charge in [0.25, 0.3) is 5.91 Å². The van der Waals surface area contributed by atoms with E-state index in [9.17, 15) is 23.1 Å². The van der Waals surface area contributed by atoms with E-state index in [4.69, 9.17) is 11.6 Å². The molecule has 1 atom stereocenters. The van der Waals surface area contributed by atoms with Crippen molar-refractivity contribution in [2.75, 3.05) is 45.2 Å². The molecule has 2 rings (SSSR count). The van der Waals surface area contributed by atoms with Crippen LogP contribution in [0.15, 0.2) is 12.1 Å². The number of pyridine rings is 1. The second kappa shape index (κ2) is 11.0. The highest BCUT2D eigenvalue weighted by atomic mass is 35.5. The van der Waals surface area contributed by atoms with Crippen LogP contribution in [0.3, 0.4) is 0 Å². The Morgan fingerprint density at radius 1 is 1.31 bits per heavy atom. The molecule has 1 unspecified atom stereocenters. The van der Waals surface area contributed by atoms with Gasteiger partial charge in [0.1, 0.15) is 11.0 Å². The van der Waals surface area contributed by atoms with E-state index in [2.05, 4.69) is 15.2 Å². The third kappa shape index (κ3) is 6.48. The first-order valence-electron chi connectivity index (χ1n) is 11.0. The van der Waals surface area contributed by atoms with Gasteiger partial charge in [0.05, 0.1) is 5.56 Å². The van der Waals surface area contributed by atoms with Crippen molar-refractivity contribution in [1.82, 2.24) is 15.2 Å². The van der Waals surface area contributed by atoms with Crippen molar-refractivity contribution >= 4 is 23.3 Å². The number of carbonyl (C=O) groups excluding carboxylic acids is 1. The first-order chi connectivity index (χ1) is 14.9. The summed E-state index contributed by atoms with van der Waals surface area (Å²) in [5.41, 5.74) is -2.34.